The molecule has 0 aliphatic carbocycles. The average Bonchev–Trinajstić information content (AvgIpc) is 2.75. The van der Waals surface area contributed by atoms with Gasteiger partial charge in [-0.05, 0) is 13.8 Å². The number of hydrogen-bond donors (Lipinski definition) is 2. The molecule has 0 aliphatic rings. The van der Waals surface area contributed by atoms with Crippen LogP contribution in [-0.2, 0) is 16.1 Å². The highest BCUT2D eigenvalue weighted by Gasteiger charge is 2.08. The zero-order valence-corrected chi connectivity index (χ0v) is 10.3. The zero-order chi connectivity index (χ0) is 13.5. The number of rotatable bonds is 7. The molecule has 1 aromatic rings. The predicted octanol–water partition coefficient (Wildman–Crippen LogP) is -0.482. The Hall–Kier alpha value is -1.96. The van der Waals surface area contributed by atoms with E-state index in [1.807, 2.05) is 13.8 Å². The van der Waals surface area contributed by atoms with Crippen molar-refractivity contribution < 1.29 is 19.4 Å². The molecule has 0 atom stereocenters. The maximum atomic E-state index is 11.3. The standard InChI is InChI=1S/C10H16N4O4/c1-7(2)18-6-9(15)11-3-4-14-5-8(10(16)17)12-13-14/h5,7H,3-4,6H2,1-2H3,(H,11,15)(H,16,17). The van der Waals surface area contributed by atoms with Crippen molar-refractivity contribution >= 4 is 11.9 Å². The van der Waals surface area contributed by atoms with Crippen LogP contribution in [0.25, 0.3) is 0 Å². The van der Waals surface area contributed by atoms with Gasteiger partial charge < -0.3 is 15.2 Å². The lowest BCUT2D eigenvalue weighted by molar-refractivity contribution is -0.127. The molecule has 1 amide bonds. The lowest BCUT2D eigenvalue weighted by Gasteiger charge is -2.08. The van der Waals surface area contributed by atoms with Crippen molar-refractivity contribution in [3.8, 4) is 0 Å². The highest BCUT2D eigenvalue weighted by atomic mass is 16.5. The molecular formula is C10H16N4O4. The number of ether oxygens (including phenoxy) is 1. The summed E-state index contributed by atoms with van der Waals surface area (Å²) < 4.78 is 6.47. The molecule has 0 aromatic carbocycles. The van der Waals surface area contributed by atoms with Gasteiger partial charge in [0.05, 0.1) is 18.8 Å². The van der Waals surface area contributed by atoms with Crippen LogP contribution in [0.15, 0.2) is 6.20 Å². The van der Waals surface area contributed by atoms with Gasteiger partial charge >= 0.3 is 5.97 Å². The van der Waals surface area contributed by atoms with Crippen molar-refractivity contribution in [1.82, 2.24) is 20.3 Å². The lowest BCUT2D eigenvalue weighted by Crippen LogP contribution is -2.31. The minimum absolute atomic E-state index is 0.00388. The van der Waals surface area contributed by atoms with Crippen molar-refractivity contribution in [2.75, 3.05) is 13.2 Å². The van der Waals surface area contributed by atoms with E-state index >= 15 is 0 Å². The molecule has 1 aromatic heterocycles. The Kier molecular flexibility index (Phi) is 5.25. The van der Waals surface area contributed by atoms with E-state index in [2.05, 4.69) is 15.6 Å². The molecule has 0 aliphatic heterocycles. The van der Waals surface area contributed by atoms with Crippen LogP contribution < -0.4 is 5.32 Å². The highest BCUT2D eigenvalue weighted by Crippen LogP contribution is 1.92. The first-order valence-corrected chi connectivity index (χ1v) is 5.50. The molecule has 18 heavy (non-hydrogen) atoms. The second kappa shape index (κ2) is 6.70. The van der Waals surface area contributed by atoms with E-state index in [4.69, 9.17) is 9.84 Å². The number of aromatic carboxylic acids is 1. The van der Waals surface area contributed by atoms with Crippen LogP contribution in [-0.4, -0.2) is 51.2 Å². The van der Waals surface area contributed by atoms with Crippen molar-refractivity contribution in [1.29, 1.82) is 0 Å². The van der Waals surface area contributed by atoms with Crippen molar-refractivity contribution in [3.63, 3.8) is 0 Å². The van der Waals surface area contributed by atoms with E-state index in [-0.39, 0.29) is 24.3 Å². The fourth-order valence-corrected chi connectivity index (χ4v) is 1.11. The van der Waals surface area contributed by atoms with Gasteiger partial charge in [-0.1, -0.05) is 5.21 Å². The summed E-state index contributed by atoms with van der Waals surface area (Å²) in [6.07, 6.45) is 1.31. The van der Waals surface area contributed by atoms with Crippen LogP contribution in [0.2, 0.25) is 0 Å². The number of carboxylic acids is 1. The van der Waals surface area contributed by atoms with E-state index in [1.54, 1.807) is 0 Å². The first-order valence-electron chi connectivity index (χ1n) is 5.50. The lowest BCUT2D eigenvalue weighted by atomic mass is 10.5. The Morgan fingerprint density at radius 1 is 1.56 bits per heavy atom. The number of nitrogens with one attached hydrogen (secondary N) is 1. The van der Waals surface area contributed by atoms with E-state index in [1.165, 1.54) is 10.9 Å². The normalized spacial score (nSPS) is 10.6. The maximum absolute atomic E-state index is 11.3. The maximum Gasteiger partial charge on any atom is 0.358 e. The van der Waals surface area contributed by atoms with Crippen LogP contribution in [0.4, 0.5) is 0 Å². The first kappa shape index (κ1) is 14.1. The molecule has 0 fully saturated rings. The number of nitrogens with zero attached hydrogens (tertiary/aromatic N) is 3. The fraction of sp³-hybridized carbons (Fsp3) is 0.600. The number of carbonyl (C=O) groups excluding carboxylic acids is 1. The molecule has 1 heterocycles. The third kappa shape index (κ3) is 4.91. The van der Waals surface area contributed by atoms with Crippen LogP contribution in [0.3, 0.4) is 0 Å². The Balaban J connectivity index is 2.24. The molecular weight excluding hydrogens is 240 g/mol. The van der Waals surface area contributed by atoms with Crippen LogP contribution in [0.5, 0.6) is 0 Å². The average molecular weight is 256 g/mol. The van der Waals surface area contributed by atoms with Crippen LogP contribution in [0.1, 0.15) is 24.3 Å². The zero-order valence-electron chi connectivity index (χ0n) is 10.3. The second-order valence-electron chi connectivity index (χ2n) is 3.88. The summed E-state index contributed by atoms with van der Waals surface area (Å²) in [5, 5.41) is 18.3. The number of amides is 1. The van der Waals surface area contributed by atoms with Gasteiger partial charge in [-0.25, -0.2) is 9.48 Å². The number of carboxylic acid groups (broad SMARTS) is 1. The highest BCUT2D eigenvalue weighted by molar-refractivity contribution is 5.84. The van der Waals surface area contributed by atoms with Gasteiger partial charge in [-0.3, -0.25) is 4.79 Å². The summed E-state index contributed by atoms with van der Waals surface area (Å²) in [5.41, 5.74) is -0.121. The van der Waals surface area contributed by atoms with Gasteiger partial charge in [0.15, 0.2) is 5.69 Å². The second-order valence-corrected chi connectivity index (χ2v) is 3.88. The number of carbonyl (C=O) groups is 2. The summed E-state index contributed by atoms with van der Waals surface area (Å²) in [6, 6.07) is 0. The van der Waals surface area contributed by atoms with E-state index in [0.717, 1.165) is 0 Å². The van der Waals surface area contributed by atoms with Gasteiger partial charge in [0, 0.05) is 6.54 Å². The SMILES string of the molecule is CC(C)OCC(=O)NCCn1cc(C(=O)O)nn1. The van der Waals surface area contributed by atoms with Crippen LogP contribution in [0, 0.1) is 0 Å². The van der Waals surface area contributed by atoms with E-state index < -0.39 is 5.97 Å². The summed E-state index contributed by atoms with van der Waals surface area (Å²) >= 11 is 0. The molecule has 0 spiro atoms. The molecule has 0 radical (unpaired) electrons. The minimum atomic E-state index is -1.13. The summed E-state index contributed by atoms with van der Waals surface area (Å²) in [6.45, 7) is 4.39. The molecule has 8 nitrogen and oxygen atoms in total. The molecule has 0 unspecified atom stereocenters. The Labute approximate surface area is 104 Å². The van der Waals surface area contributed by atoms with Gasteiger partial charge in [0.2, 0.25) is 5.91 Å². The Morgan fingerprint density at radius 2 is 2.28 bits per heavy atom. The smallest absolute Gasteiger partial charge is 0.358 e. The van der Waals surface area contributed by atoms with Crippen molar-refractivity contribution in [2.45, 2.75) is 26.5 Å². The minimum Gasteiger partial charge on any atom is -0.476 e. The largest absolute Gasteiger partial charge is 0.476 e. The molecule has 100 valence electrons. The third-order valence-electron chi connectivity index (χ3n) is 1.97. The Bertz CT molecular complexity index is 416. The van der Waals surface area contributed by atoms with Crippen LogP contribution >= 0.6 is 0 Å². The topological polar surface area (TPSA) is 106 Å². The number of hydrogen-bond acceptors (Lipinski definition) is 5. The summed E-state index contributed by atoms with van der Waals surface area (Å²) in [7, 11) is 0. The van der Waals surface area contributed by atoms with E-state index in [0.29, 0.717) is 13.1 Å². The summed E-state index contributed by atoms with van der Waals surface area (Å²) in [4.78, 5) is 21.8. The Morgan fingerprint density at radius 3 is 2.83 bits per heavy atom. The van der Waals surface area contributed by atoms with Crippen molar-refractivity contribution in [3.05, 3.63) is 11.9 Å². The molecule has 0 bridgehead atoms. The molecule has 8 heteroatoms. The summed E-state index contributed by atoms with van der Waals surface area (Å²) in [5.74, 6) is -1.35. The fourth-order valence-electron chi connectivity index (χ4n) is 1.11. The molecule has 0 saturated heterocycles. The van der Waals surface area contributed by atoms with Crippen molar-refractivity contribution in [2.24, 2.45) is 0 Å². The third-order valence-corrected chi connectivity index (χ3v) is 1.97. The molecule has 1 rings (SSSR count). The quantitative estimate of drug-likeness (QED) is 0.682. The van der Waals surface area contributed by atoms with Gasteiger partial charge in [-0.2, -0.15) is 0 Å². The van der Waals surface area contributed by atoms with Gasteiger partial charge in [0.25, 0.3) is 0 Å². The number of aromatic nitrogens is 3. The van der Waals surface area contributed by atoms with E-state index in [9.17, 15) is 9.59 Å². The van der Waals surface area contributed by atoms with Gasteiger partial charge in [0.1, 0.15) is 6.61 Å². The molecule has 0 saturated carbocycles. The molecule has 2 N–H and O–H groups in total. The monoisotopic (exact) mass is 256 g/mol. The predicted molar refractivity (Wildman–Crippen MR) is 61.1 cm³/mol. The first-order chi connectivity index (χ1) is 8.49. The van der Waals surface area contributed by atoms with Gasteiger partial charge in [-0.15, -0.1) is 5.10 Å².